The highest BCUT2D eigenvalue weighted by molar-refractivity contribution is 6.30. The van der Waals surface area contributed by atoms with Crippen molar-refractivity contribution in [3.05, 3.63) is 51.9 Å². The fourth-order valence-corrected chi connectivity index (χ4v) is 2.36. The van der Waals surface area contributed by atoms with Gasteiger partial charge in [0.15, 0.2) is 0 Å². The van der Waals surface area contributed by atoms with E-state index in [0.717, 1.165) is 5.56 Å². The van der Waals surface area contributed by atoms with Gasteiger partial charge in [-0.3, -0.25) is 9.59 Å². The minimum absolute atomic E-state index is 0.135. The minimum atomic E-state index is -1.06. The molecule has 23 heavy (non-hydrogen) atoms. The first-order chi connectivity index (χ1) is 10.9. The van der Waals surface area contributed by atoms with Crippen molar-refractivity contribution in [2.24, 2.45) is 0 Å². The van der Waals surface area contributed by atoms with Gasteiger partial charge >= 0.3 is 5.97 Å². The van der Waals surface area contributed by atoms with Gasteiger partial charge in [-0.15, -0.1) is 0 Å². The Hall–Kier alpha value is -2.47. The van der Waals surface area contributed by atoms with Gasteiger partial charge in [-0.2, -0.15) is 0 Å². The number of ether oxygens (including phenoxy) is 1. The standard InChI is InChI=1S/C16H16ClNO5/c1-9-8-23-13(6-14(19)20)15(9)16(21)18-7-10-3-4-11(17)5-12(10)22-2/h3-5,8H,6-7H2,1-2H3,(H,18,21)(H,19,20). The molecule has 6 nitrogen and oxygen atoms in total. The Morgan fingerprint density at radius 1 is 1.39 bits per heavy atom. The quantitative estimate of drug-likeness (QED) is 0.846. The van der Waals surface area contributed by atoms with Gasteiger partial charge in [-0.1, -0.05) is 17.7 Å². The molecular weight excluding hydrogens is 322 g/mol. The molecule has 2 rings (SSSR count). The molecule has 0 aliphatic rings. The minimum Gasteiger partial charge on any atom is -0.496 e. The number of hydrogen-bond donors (Lipinski definition) is 2. The Labute approximate surface area is 138 Å². The van der Waals surface area contributed by atoms with Crippen molar-refractivity contribution < 1.29 is 23.8 Å². The molecule has 0 saturated heterocycles. The van der Waals surface area contributed by atoms with Crippen molar-refractivity contribution in [1.82, 2.24) is 5.32 Å². The lowest BCUT2D eigenvalue weighted by Crippen LogP contribution is -2.24. The summed E-state index contributed by atoms with van der Waals surface area (Å²) in [4.78, 5) is 23.2. The highest BCUT2D eigenvalue weighted by atomic mass is 35.5. The summed E-state index contributed by atoms with van der Waals surface area (Å²) in [6.07, 6.45) is 1.02. The Balaban J connectivity index is 2.14. The number of rotatable bonds is 6. The van der Waals surface area contributed by atoms with Gasteiger partial charge in [0.2, 0.25) is 0 Å². The predicted octanol–water partition coefficient (Wildman–Crippen LogP) is 2.81. The van der Waals surface area contributed by atoms with E-state index in [0.29, 0.717) is 16.3 Å². The fraction of sp³-hybridized carbons (Fsp3) is 0.250. The third-order valence-electron chi connectivity index (χ3n) is 3.28. The molecule has 0 fully saturated rings. The van der Waals surface area contributed by atoms with E-state index >= 15 is 0 Å². The number of methoxy groups -OCH3 is 1. The van der Waals surface area contributed by atoms with Crippen LogP contribution in [0.2, 0.25) is 5.02 Å². The highest BCUT2D eigenvalue weighted by Gasteiger charge is 2.20. The Kier molecular flexibility index (Phi) is 5.28. The first-order valence-corrected chi connectivity index (χ1v) is 7.19. The van der Waals surface area contributed by atoms with Crippen LogP contribution in [-0.2, 0) is 17.8 Å². The number of carbonyl (C=O) groups is 2. The summed E-state index contributed by atoms with van der Waals surface area (Å²) < 4.78 is 10.4. The maximum atomic E-state index is 12.3. The summed E-state index contributed by atoms with van der Waals surface area (Å²) in [5.41, 5.74) is 1.59. The topological polar surface area (TPSA) is 88.8 Å². The molecule has 1 aromatic carbocycles. The second-order valence-corrected chi connectivity index (χ2v) is 5.36. The molecule has 0 atom stereocenters. The largest absolute Gasteiger partial charge is 0.496 e. The smallest absolute Gasteiger partial charge is 0.311 e. The summed E-state index contributed by atoms with van der Waals surface area (Å²) >= 11 is 5.89. The molecule has 1 heterocycles. The number of benzene rings is 1. The molecule has 0 saturated carbocycles. The molecule has 1 amide bonds. The van der Waals surface area contributed by atoms with Crippen molar-refractivity contribution in [2.75, 3.05) is 7.11 Å². The van der Waals surface area contributed by atoms with Gasteiger partial charge in [0, 0.05) is 22.7 Å². The predicted molar refractivity (Wildman–Crippen MR) is 84.0 cm³/mol. The summed E-state index contributed by atoms with van der Waals surface area (Å²) in [6, 6.07) is 5.11. The molecule has 0 aliphatic heterocycles. The number of amides is 1. The summed E-state index contributed by atoms with van der Waals surface area (Å²) in [5, 5.41) is 12.1. The maximum absolute atomic E-state index is 12.3. The van der Waals surface area contributed by atoms with E-state index < -0.39 is 11.9 Å². The molecular formula is C16H16ClNO5. The number of halogens is 1. The first kappa shape index (κ1) is 16.9. The Bertz CT molecular complexity index is 738. The van der Waals surface area contributed by atoms with Crippen molar-refractivity contribution >= 4 is 23.5 Å². The van der Waals surface area contributed by atoms with Crippen LogP contribution < -0.4 is 10.1 Å². The number of carboxylic acids is 1. The van der Waals surface area contributed by atoms with E-state index in [4.69, 9.17) is 25.9 Å². The molecule has 0 radical (unpaired) electrons. The number of nitrogens with one attached hydrogen (secondary N) is 1. The van der Waals surface area contributed by atoms with Crippen LogP contribution in [0.1, 0.15) is 27.2 Å². The van der Waals surface area contributed by atoms with Crippen LogP contribution in [0.3, 0.4) is 0 Å². The number of furan rings is 1. The number of carbonyl (C=O) groups excluding carboxylic acids is 1. The highest BCUT2D eigenvalue weighted by Crippen LogP contribution is 2.23. The van der Waals surface area contributed by atoms with E-state index in [1.807, 2.05) is 0 Å². The van der Waals surface area contributed by atoms with Gasteiger partial charge in [0.1, 0.15) is 17.9 Å². The van der Waals surface area contributed by atoms with E-state index in [-0.39, 0.29) is 24.3 Å². The van der Waals surface area contributed by atoms with Crippen molar-refractivity contribution in [1.29, 1.82) is 0 Å². The zero-order valence-electron chi connectivity index (χ0n) is 12.7. The maximum Gasteiger partial charge on any atom is 0.311 e. The van der Waals surface area contributed by atoms with Gasteiger partial charge in [0.05, 0.1) is 18.9 Å². The van der Waals surface area contributed by atoms with Crippen LogP contribution in [0.5, 0.6) is 5.75 Å². The van der Waals surface area contributed by atoms with E-state index in [2.05, 4.69) is 5.32 Å². The number of hydrogen-bond acceptors (Lipinski definition) is 4. The number of aryl methyl sites for hydroxylation is 1. The molecule has 0 bridgehead atoms. The normalized spacial score (nSPS) is 10.4. The Morgan fingerprint density at radius 3 is 2.78 bits per heavy atom. The summed E-state index contributed by atoms with van der Waals surface area (Å²) in [5.74, 6) is -0.764. The number of aliphatic carboxylic acids is 1. The van der Waals surface area contributed by atoms with E-state index in [9.17, 15) is 9.59 Å². The molecule has 0 spiro atoms. The second kappa shape index (κ2) is 7.19. The zero-order valence-corrected chi connectivity index (χ0v) is 13.4. The van der Waals surface area contributed by atoms with Gasteiger partial charge in [-0.25, -0.2) is 0 Å². The fourth-order valence-electron chi connectivity index (χ4n) is 2.20. The lowest BCUT2D eigenvalue weighted by molar-refractivity contribution is -0.136. The molecule has 1 aromatic heterocycles. The van der Waals surface area contributed by atoms with Crippen LogP contribution in [0.25, 0.3) is 0 Å². The third-order valence-corrected chi connectivity index (χ3v) is 3.51. The lowest BCUT2D eigenvalue weighted by Gasteiger charge is -2.10. The van der Waals surface area contributed by atoms with Crippen molar-refractivity contribution in [3.63, 3.8) is 0 Å². The van der Waals surface area contributed by atoms with Crippen molar-refractivity contribution in [2.45, 2.75) is 19.9 Å². The number of carboxylic acid groups (broad SMARTS) is 1. The zero-order chi connectivity index (χ0) is 17.0. The first-order valence-electron chi connectivity index (χ1n) is 6.81. The average Bonchev–Trinajstić information content (AvgIpc) is 2.85. The summed E-state index contributed by atoms with van der Waals surface area (Å²) in [7, 11) is 1.52. The average molecular weight is 338 g/mol. The SMILES string of the molecule is COc1cc(Cl)ccc1CNC(=O)c1c(C)coc1CC(=O)O. The van der Waals surface area contributed by atoms with Crippen LogP contribution in [-0.4, -0.2) is 24.1 Å². The van der Waals surface area contributed by atoms with Crippen molar-refractivity contribution in [3.8, 4) is 5.75 Å². The Morgan fingerprint density at radius 2 is 2.13 bits per heavy atom. The van der Waals surface area contributed by atoms with E-state index in [1.165, 1.54) is 13.4 Å². The van der Waals surface area contributed by atoms with Crippen LogP contribution in [0, 0.1) is 6.92 Å². The molecule has 122 valence electrons. The summed E-state index contributed by atoms with van der Waals surface area (Å²) in [6.45, 7) is 1.91. The monoisotopic (exact) mass is 337 g/mol. The van der Waals surface area contributed by atoms with Gasteiger partial charge in [0.25, 0.3) is 5.91 Å². The van der Waals surface area contributed by atoms with Crippen LogP contribution in [0.4, 0.5) is 0 Å². The third kappa shape index (κ3) is 4.04. The van der Waals surface area contributed by atoms with Gasteiger partial charge in [-0.05, 0) is 19.1 Å². The molecule has 7 heteroatoms. The van der Waals surface area contributed by atoms with Gasteiger partial charge < -0.3 is 19.6 Å². The molecule has 0 unspecified atom stereocenters. The second-order valence-electron chi connectivity index (χ2n) is 4.93. The lowest BCUT2D eigenvalue weighted by atomic mass is 10.1. The molecule has 0 aliphatic carbocycles. The molecule has 2 N–H and O–H groups in total. The van der Waals surface area contributed by atoms with E-state index in [1.54, 1.807) is 25.1 Å². The van der Waals surface area contributed by atoms with Crippen LogP contribution in [0.15, 0.2) is 28.9 Å². The van der Waals surface area contributed by atoms with Crippen LogP contribution >= 0.6 is 11.6 Å². The molecule has 2 aromatic rings.